The van der Waals surface area contributed by atoms with Crippen LogP contribution in [-0.2, 0) is 55.8 Å². The van der Waals surface area contributed by atoms with Gasteiger partial charge < -0.3 is 14.7 Å². The zero-order chi connectivity index (χ0) is 4.50. The molecule has 0 aromatic carbocycles. The molecule has 0 bridgehead atoms. The van der Waals surface area contributed by atoms with Crippen LogP contribution in [0.4, 0.5) is 0 Å². The Kier molecular flexibility index (Phi) is 29.2. The van der Waals surface area contributed by atoms with Gasteiger partial charge in [-0.05, 0) is 0 Å². The van der Waals surface area contributed by atoms with Gasteiger partial charge in [0.2, 0.25) is 0 Å². The first kappa shape index (κ1) is 22.5. The maximum atomic E-state index is 8.88. The van der Waals surface area contributed by atoms with Crippen LogP contribution in [0.1, 0.15) is 0 Å². The van der Waals surface area contributed by atoms with Crippen LogP contribution >= 0.6 is 7.82 Å². The van der Waals surface area contributed by atoms with Crippen molar-refractivity contribution in [2.45, 2.75) is 0 Å². The fraction of sp³-hybridized carbons (Fsp3) is 0. The first-order valence-electron chi connectivity index (χ1n) is 0.783. The van der Waals surface area contributed by atoms with E-state index in [9.17, 15) is 0 Å². The maximum Gasteiger partial charge on any atom is 0.466 e. The monoisotopic (exact) mass is 391 g/mol. The van der Waals surface area contributed by atoms with Gasteiger partial charge in [-0.15, -0.1) is 0 Å². The van der Waals surface area contributed by atoms with Crippen molar-refractivity contribution < 1.29 is 120 Å². The van der Waals surface area contributed by atoms with Crippen LogP contribution in [0.5, 0.6) is 0 Å². The number of hydrogen-bond donors (Lipinski definition) is 3. The molecule has 0 unspecified atom stereocenters. The number of hydrogen-bond acceptors (Lipinski definition) is 1. The van der Waals surface area contributed by atoms with Gasteiger partial charge in [-0.1, -0.05) is 0 Å². The molecule has 8 heteroatoms. The summed E-state index contributed by atoms with van der Waals surface area (Å²) in [4.78, 5) is 21.6. The molecule has 8 heavy (non-hydrogen) atoms. The van der Waals surface area contributed by atoms with Gasteiger partial charge >= 0.3 is 7.82 Å². The van der Waals surface area contributed by atoms with Gasteiger partial charge in [0.25, 0.3) is 0 Å². The normalized spacial score (nSPS) is 7.38. The molecule has 0 atom stereocenters. The Labute approximate surface area is 125 Å². The summed E-state index contributed by atoms with van der Waals surface area (Å²) >= 11 is 0. The average molecular weight is 390 g/mol. The van der Waals surface area contributed by atoms with Gasteiger partial charge in [-0.25, -0.2) is 4.57 Å². The number of phosphoric acid groups is 1. The number of rotatable bonds is 0. The molecule has 0 saturated carbocycles. The van der Waals surface area contributed by atoms with Crippen molar-refractivity contribution >= 4 is 7.82 Å². The molecule has 0 spiro atoms. The van der Waals surface area contributed by atoms with Crippen LogP contribution in [0.25, 0.3) is 0 Å². The summed E-state index contributed by atoms with van der Waals surface area (Å²) in [6.07, 6.45) is 0. The van der Waals surface area contributed by atoms with E-state index in [4.69, 9.17) is 19.2 Å². The molecule has 0 heterocycles. The fourth-order valence-corrected chi connectivity index (χ4v) is 0. The van der Waals surface area contributed by atoms with Crippen LogP contribution < -0.4 is 0 Å². The molecule has 0 aliphatic carbocycles. The van der Waals surface area contributed by atoms with E-state index in [1.807, 2.05) is 0 Å². The van der Waals surface area contributed by atoms with Gasteiger partial charge in [-0.2, -0.15) is 0 Å². The molecular weight excluding hydrogens is 387 g/mol. The molecule has 4 nitrogen and oxygen atoms in total. The van der Waals surface area contributed by atoms with Crippen molar-refractivity contribution in [1.29, 1.82) is 0 Å². The standard InChI is InChI=1S/Eu.H3O4P.V.Y/c;1-5(2,3)4;;/h;(H3,1,2,3,4);;. The van der Waals surface area contributed by atoms with Crippen LogP contribution in [0.2, 0.25) is 0 Å². The second-order valence-corrected chi connectivity index (χ2v) is 1.54. The molecule has 0 saturated heterocycles. The third-order valence-electron chi connectivity index (χ3n) is 0. The topological polar surface area (TPSA) is 77.8 Å². The molecule has 0 aromatic rings. The van der Waals surface area contributed by atoms with Crippen molar-refractivity contribution in [3.05, 3.63) is 0 Å². The largest absolute Gasteiger partial charge is 0.466 e. The molecule has 0 aliphatic rings. The van der Waals surface area contributed by atoms with Gasteiger partial charge in [0.05, 0.1) is 0 Å². The Morgan fingerprint density at radius 2 is 1.12 bits per heavy atom. The summed E-state index contributed by atoms with van der Waals surface area (Å²) in [5, 5.41) is 0. The van der Waals surface area contributed by atoms with Crippen molar-refractivity contribution in [3.63, 3.8) is 0 Å². The molecule has 47 valence electrons. The summed E-state index contributed by atoms with van der Waals surface area (Å²) < 4.78 is 8.88. The Hall–Kier alpha value is 3.38. The van der Waals surface area contributed by atoms with E-state index in [1.165, 1.54) is 0 Å². The SMILES string of the molecule is O=P(O)(O)O.[Eu].[V].[Y]. The van der Waals surface area contributed by atoms with Crippen LogP contribution in [0, 0.1) is 49.4 Å². The van der Waals surface area contributed by atoms with E-state index >= 15 is 0 Å². The fourth-order valence-electron chi connectivity index (χ4n) is 0. The van der Waals surface area contributed by atoms with E-state index in [0.717, 1.165) is 0 Å². The van der Waals surface area contributed by atoms with Crippen molar-refractivity contribution in [1.82, 2.24) is 0 Å². The maximum absolute atomic E-state index is 8.88. The van der Waals surface area contributed by atoms with E-state index < -0.39 is 7.82 Å². The first-order chi connectivity index (χ1) is 2.00. The molecule has 0 rings (SSSR count). The Morgan fingerprint density at radius 1 is 1.12 bits per heavy atom. The molecule has 0 aromatic heterocycles. The summed E-state index contributed by atoms with van der Waals surface area (Å²) in [5.74, 6) is 0. The minimum Gasteiger partial charge on any atom is -0.303 e. The van der Waals surface area contributed by atoms with Crippen LogP contribution in [0.3, 0.4) is 0 Å². The van der Waals surface area contributed by atoms with E-state index in [-0.39, 0.29) is 101 Å². The molecular formula is H3EuO4PVY. The predicted octanol–water partition coefficient (Wildman–Crippen LogP) is -0.934. The Morgan fingerprint density at radius 3 is 1.12 bits per heavy atom. The van der Waals surface area contributed by atoms with E-state index in [2.05, 4.69) is 0 Å². The minimum atomic E-state index is -4.64. The third-order valence-corrected chi connectivity index (χ3v) is 0. The van der Waals surface area contributed by atoms with Crippen molar-refractivity contribution in [2.24, 2.45) is 0 Å². The van der Waals surface area contributed by atoms with Crippen LogP contribution in [-0.4, -0.2) is 14.7 Å². The van der Waals surface area contributed by atoms with Crippen molar-refractivity contribution in [3.8, 4) is 0 Å². The van der Waals surface area contributed by atoms with Crippen LogP contribution in [0.15, 0.2) is 0 Å². The molecule has 3 N–H and O–H groups in total. The molecule has 0 amide bonds. The quantitative estimate of drug-likeness (QED) is 0.468. The van der Waals surface area contributed by atoms with E-state index in [1.54, 1.807) is 0 Å². The predicted molar refractivity (Wildman–Crippen MR) is 14.3 cm³/mol. The molecule has 3 radical (unpaired) electrons. The third kappa shape index (κ3) is 57.6. The second-order valence-electron chi connectivity index (χ2n) is 0.513. The average Bonchev–Trinajstić information content (AvgIpc) is 0.722. The van der Waals surface area contributed by atoms with E-state index in [0.29, 0.717) is 0 Å². The smallest absolute Gasteiger partial charge is 0.303 e. The zero-order valence-corrected chi connectivity index (χ0v) is 11.2. The summed E-state index contributed by atoms with van der Waals surface area (Å²) in [6, 6.07) is 0. The minimum absolute atomic E-state index is 0. The summed E-state index contributed by atoms with van der Waals surface area (Å²) in [7, 11) is -4.64. The van der Waals surface area contributed by atoms with Gasteiger partial charge in [0.15, 0.2) is 0 Å². The Balaban J connectivity index is -0.0000000267. The van der Waals surface area contributed by atoms with Crippen molar-refractivity contribution in [2.75, 3.05) is 0 Å². The summed E-state index contributed by atoms with van der Waals surface area (Å²) in [5.41, 5.74) is 0. The Bertz CT molecular complexity index is 62.2. The zero-order valence-electron chi connectivity index (χ0n) is 3.60. The molecule has 0 aliphatic heterocycles. The molecule has 0 fully saturated rings. The van der Waals surface area contributed by atoms with Gasteiger partial charge in [0, 0.05) is 101 Å². The van der Waals surface area contributed by atoms with Gasteiger partial charge in [-0.3, -0.25) is 0 Å². The second kappa shape index (κ2) is 10.4. The first-order valence-corrected chi connectivity index (χ1v) is 2.35. The summed E-state index contributed by atoms with van der Waals surface area (Å²) in [6.45, 7) is 0. The van der Waals surface area contributed by atoms with Gasteiger partial charge in [0.1, 0.15) is 0 Å².